The Kier molecular flexibility index (Phi) is 3.52. The van der Waals surface area contributed by atoms with Crippen molar-refractivity contribution in [1.82, 2.24) is 0 Å². The normalized spacial score (nSPS) is 25.7. The third-order valence-electron chi connectivity index (χ3n) is 5.93. The summed E-state index contributed by atoms with van der Waals surface area (Å²) in [5.41, 5.74) is 2.77. The minimum atomic E-state index is -0.642. The van der Waals surface area contributed by atoms with Crippen molar-refractivity contribution in [1.29, 1.82) is 0 Å². The zero-order valence-electron chi connectivity index (χ0n) is 14.6. The van der Waals surface area contributed by atoms with Crippen LogP contribution in [0.2, 0.25) is 0 Å². The first kappa shape index (κ1) is 15.7. The second-order valence-corrected chi connectivity index (χ2v) is 8.65. The van der Waals surface area contributed by atoms with Gasteiger partial charge in [-0.05, 0) is 30.2 Å². The molecule has 1 heterocycles. The van der Waals surface area contributed by atoms with Crippen LogP contribution in [0.1, 0.15) is 63.5 Å². The van der Waals surface area contributed by atoms with Gasteiger partial charge in [0.1, 0.15) is 17.5 Å². The molecular formula is C21H25NO2. The predicted octanol–water partition coefficient (Wildman–Crippen LogP) is 3.92. The maximum absolute atomic E-state index is 12.8. The van der Waals surface area contributed by atoms with Gasteiger partial charge in [-0.3, -0.25) is 14.6 Å². The van der Waals surface area contributed by atoms with Crippen LogP contribution in [0.25, 0.3) is 0 Å². The van der Waals surface area contributed by atoms with Gasteiger partial charge in [-0.15, -0.1) is 0 Å². The van der Waals surface area contributed by atoms with Gasteiger partial charge in [-0.25, -0.2) is 0 Å². The predicted molar refractivity (Wildman–Crippen MR) is 94.4 cm³/mol. The summed E-state index contributed by atoms with van der Waals surface area (Å²) < 4.78 is 0. The molecule has 3 nitrogen and oxygen atoms in total. The molecule has 0 aromatic heterocycles. The zero-order valence-corrected chi connectivity index (χ0v) is 14.6. The monoisotopic (exact) mass is 323 g/mol. The third kappa shape index (κ3) is 2.54. The second kappa shape index (κ2) is 5.37. The van der Waals surface area contributed by atoms with Crippen molar-refractivity contribution in [3.05, 3.63) is 35.4 Å². The first-order valence-electron chi connectivity index (χ1n) is 9.13. The van der Waals surface area contributed by atoms with Crippen LogP contribution >= 0.6 is 0 Å². The molecule has 3 aliphatic rings. The number of nitrogens with zero attached hydrogens (tertiary/aromatic N) is 1. The van der Waals surface area contributed by atoms with Crippen LogP contribution in [0.15, 0.2) is 29.3 Å². The molecule has 24 heavy (non-hydrogen) atoms. The standard InChI is InChI=1S/C21H25NO2/c1-20(2)12-16(23)18(17(24)13-20)19-15-8-4-3-7-14(15)11-21(22-19)9-5-6-10-21/h3-4,7-8,18H,5-6,9-13H2,1-2H3. The van der Waals surface area contributed by atoms with E-state index >= 15 is 0 Å². The molecule has 4 rings (SSSR count). The molecule has 0 saturated heterocycles. The first-order chi connectivity index (χ1) is 11.4. The second-order valence-electron chi connectivity index (χ2n) is 8.65. The topological polar surface area (TPSA) is 46.5 Å². The van der Waals surface area contributed by atoms with E-state index in [0.717, 1.165) is 30.5 Å². The van der Waals surface area contributed by atoms with E-state index in [1.54, 1.807) is 0 Å². The fourth-order valence-electron chi connectivity index (χ4n) is 4.87. The van der Waals surface area contributed by atoms with Gasteiger partial charge in [0.05, 0.1) is 11.3 Å². The summed E-state index contributed by atoms with van der Waals surface area (Å²) in [6, 6.07) is 8.23. The summed E-state index contributed by atoms with van der Waals surface area (Å²) >= 11 is 0. The summed E-state index contributed by atoms with van der Waals surface area (Å²) in [5.74, 6) is -0.531. The number of hydrogen-bond donors (Lipinski definition) is 0. The molecule has 2 saturated carbocycles. The van der Waals surface area contributed by atoms with Crippen molar-refractivity contribution in [2.75, 3.05) is 0 Å². The van der Waals surface area contributed by atoms with E-state index in [9.17, 15) is 9.59 Å². The molecule has 1 spiro atoms. The highest BCUT2D eigenvalue weighted by Crippen LogP contribution is 2.43. The van der Waals surface area contributed by atoms with Gasteiger partial charge in [0.25, 0.3) is 0 Å². The Labute approximate surface area is 143 Å². The van der Waals surface area contributed by atoms with E-state index in [-0.39, 0.29) is 22.5 Å². The van der Waals surface area contributed by atoms with Crippen LogP contribution in [0.4, 0.5) is 0 Å². The molecule has 1 aliphatic heterocycles. The highest BCUT2D eigenvalue weighted by atomic mass is 16.2. The van der Waals surface area contributed by atoms with E-state index in [4.69, 9.17) is 4.99 Å². The Balaban J connectivity index is 1.81. The van der Waals surface area contributed by atoms with Crippen molar-refractivity contribution in [3.8, 4) is 0 Å². The van der Waals surface area contributed by atoms with E-state index in [2.05, 4.69) is 12.1 Å². The maximum atomic E-state index is 12.8. The van der Waals surface area contributed by atoms with E-state index in [1.807, 2.05) is 26.0 Å². The fraction of sp³-hybridized carbons (Fsp3) is 0.571. The highest BCUT2D eigenvalue weighted by molar-refractivity contribution is 6.27. The molecule has 1 aromatic carbocycles. The van der Waals surface area contributed by atoms with Gasteiger partial charge in [0.2, 0.25) is 0 Å². The highest BCUT2D eigenvalue weighted by Gasteiger charge is 2.46. The number of benzene rings is 1. The number of ketones is 2. The molecule has 0 amide bonds. The maximum Gasteiger partial charge on any atom is 0.149 e. The van der Waals surface area contributed by atoms with Crippen LogP contribution in [0.3, 0.4) is 0 Å². The van der Waals surface area contributed by atoms with Crippen LogP contribution < -0.4 is 0 Å². The third-order valence-corrected chi connectivity index (χ3v) is 5.93. The molecule has 2 aliphatic carbocycles. The number of carbonyl (C=O) groups is 2. The Morgan fingerprint density at radius 1 is 0.958 bits per heavy atom. The Morgan fingerprint density at radius 2 is 1.58 bits per heavy atom. The van der Waals surface area contributed by atoms with Gasteiger partial charge >= 0.3 is 0 Å². The summed E-state index contributed by atoms with van der Waals surface area (Å²) in [5, 5.41) is 0. The SMILES string of the molecule is CC1(C)CC(=O)C(C2=NC3(CCCC3)Cc3ccccc32)C(=O)C1. The van der Waals surface area contributed by atoms with Crippen molar-refractivity contribution < 1.29 is 9.59 Å². The number of aliphatic imine (C=N–C) groups is 1. The lowest BCUT2D eigenvalue weighted by Gasteiger charge is -2.37. The smallest absolute Gasteiger partial charge is 0.149 e. The Morgan fingerprint density at radius 3 is 2.25 bits per heavy atom. The van der Waals surface area contributed by atoms with Gasteiger partial charge in [0.15, 0.2) is 0 Å². The largest absolute Gasteiger partial charge is 0.298 e. The van der Waals surface area contributed by atoms with E-state index in [1.165, 1.54) is 18.4 Å². The average Bonchev–Trinajstić information content (AvgIpc) is 2.93. The lowest BCUT2D eigenvalue weighted by molar-refractivity contribution is -0.136. The lowest BCUT2D eigenvalue weighted by atomic mass is 9.68. The Hall–Kier alpha value is -1.77. The number of carbonyl (C=O) groups excluding carboxylic acids is 2. The quantitative estimate of drug-likeness (QED) is 0.735. The lowest BCUT2D eigenvalue weighted by Crippen LogP contribution is -2.45. The molecule has 0 unspecified atom stereocenters. The summed E-state index contributed by atoms with van der Waals surface area (Å²) in [6.45, 7) is 4.02. The minimum Gasteiger partial charge on any atom is -0.298 e. The molecule has 3 heteroatoms. The van der Waals surface area contributed by atoms with E-state index in [0.29, 0.717) is 12.8 Å². The Bertz CT molecular complexity index is 718. The molecular weight excluding hydrogens is 298 g/mol. The summed E-state index contributed by atoms with van der Waals surface area (Å²) in [4.78, 5) is 30.8. The van der Waals surface area contributed by atoms with E-state index < -0.39 is 5.92 Å². The van der Waals surface area contributed by atoms with Crippen molar-refractivity contribution in [2.24, 2.45) is 16.3 Å². The van der Waals surface area contributed by atoms with Gasteiger partial charge in [0, 0.05) is 18.4 Å². The molecule has 2 fully saturated rings. The number of rotatable bonds is 1. The molecule has 1 aromatic rings. The van der Waals surface area contributed by atoms with Crippen molar-refractivity contribution >= 4 is 17.3 Å². The number of hydrogen-bond acceptors (Lipinski definition) is 3. The first-order valence-corrected chi connectivity index (χ1v) is 9.13. The van der Waals surface area contributed by atoms with Gasteiger partial charge < -0.3 is 0 Å². The molecule has 126 valence electrons. The number of Topliss-reactive ketones (excluding diaryl/α,β-unsaturated/α-hetero) is 2. The van der Waals surface area contributed by atoms with Crippen LogP contribution in [-0.2, 0) is 16.0 Å². The number of fused-ring (bicyclic) bond motifs is 1. The zero-order chi connectivity index (χ0) is 16.9. The van der Waals surface area contributed by atoms with Crippen LogP contribution in [0.5, 0.6) is 0 Å². The molecule has 0 N–H and O–H groups in total. The van der Waals surface area contributed by atoms with Crippen molar-refractivity contribution in [3.63, 3.8) is 0 Å². The van der Waals surface area contributed by atoms with Gasteiger partial charge in [-0.1, -0.05) is 51.0 Å². The van der Waals surface area contributed by atoms with Crippen LogP contribution in [0, 0.1) is 11.3 Å². The minimum absolute atomic E-state index is 0.0554. The fourth-order valence-corrected chi connectivity index (χ4v) is 4.87. The van der Waals surface area contributed by atoms with Gasteiger partial charge in [-0.2, -0.15) is 0 Å². The van der Waals surface area contributed by atoms with Crippen molar-refractivity contribution in [2.45, 2.75) is 64.3 Å². The average molecular weight is 323 g/mol. The van der Waals surface area contributed by atoms with Crippen LogP contribution in [-0.4, -0.2) is 22.8 Å². The molecule has 0 atom stereocenters. The summed E-state index contributed by atoms with van der Waals surface area (Å²) in [6.07, 6.45) is 6.43. The molecule has 0 bridgehead atoms. The molecule has 0 radical (unpaired) electrons. The summed E-state index contributed by atoms with van der Waals surface area (Å²) in [7, 11) is 0.